The predicted octanol–water partition coefficient (Wildman–Crippen LogP) is 0.557. The molecule has 2 aromatic rings. The van der Waals surface area contributed by atoms with Gasteiger partial charge in [-0.2, -0.15) is 0 Å². The molecule has 1 aromatic heterocycles. The maximum absolute atomic E-state index is 12.3. The van der Waals surface area contributed by atoms with E-state index < -0.39 is 10.0 Å². The number of nitrogens with zero attached hydrogens (tertiary/aromatic N) is 3. The Morgan fingerprint density at radius 2 is 2.19 bits per heavy atom. The van der Waals surface area contributed by atoms with Crippen LogP contribution in [0.25, 0.3) is 0 Å². The molecule has 0 aliphatic rings. The molecular weight excluding hydrogens is 358 g/mol. The number of benzene rings is 1. The van der Waals surface area contributed by atoms with Crippen molar-refractivity contribution in [1.82, 2.24) is 19.5 Å². The molecule has 21 heavy (non-hydrogen) atoms. The minimum absolute atomic E-state index is 0.192. The minimum atomic E-state index is -3.58. The highest BCUT2D eigenvalue weighted by Crippen LogP contribution is 2.23. The van der Waals surface area contributed by atoms with E-state index in [9.17, 15) is 8.42 Å². The van der Waals surface area contributed by atoms with Crippen molar-refractivity contribution in [1.29, 1.82) is 0 Å². The predicted molar refractivity (Wildman–Crippen MR) is 81.9 cm³/mol. The van der Waals surface area contributed by atoms with Crippen LogP contribution in [0.2, 0.25) is 0 Å². The van der Waals surface area contributed by atoms with Crippen molar-refractivity contribution < 1.29 is 8.42 Å². The lowest BCUT2D eigenvalue weighted by atomic mass is 10.2. The molecule has 0 spiro atoms. The Kier molecular flexibility index (Phi) is 5.09. The highest BCUT2D eigenvalue weighted by molar-refractivity contribution is 9.10. The third-order valence-corrected chi connectivity index (χ3v) is 5.41. The molecule has 1 aromatic carbocycles. The SMILES string of the molecule is Cn1cnnc1CCNS(=O)(=O)c1ccc(CN)cc1Br. The fourth-order valence-corrected chi connectivity index (χ4v) is 3.95. The topological polar surface area (TPSA) is 103 Å². The quantitative estimate of drug-likeness (QED) is 0.769. The molecule has 114 valence electrons. The Morgan fingerprint density at radius 3 is 2.76 bits per heavy atom. The van der Waals surface area contributed by atoms with E-state index in [1.165, 1.54) is 6.07 Å². The van der Waals surface area contributed by atoms with Gasteiger partial charge in [-0.15, -0.1) is 10.2 Å². The highest BCUT2D eigenvalue weighted by atomic mass is 79.9. The van der Waals surface area contributed by atoms with E-state index in [2.05, 4.69) is 30.8 Å². The van der Waals surface area contributed by atoms with Gasteiger partial charge in [0.25, 0.3) is 0 Å². The number of nitrogens with one attached hydrogen (secondary N) is 1. The molecule has 0 aliphatic carbocycles. The van der Waals surface area contributed by atoms with Crippen LogP contribution in [0.3, 0.4) is 0 Å². The molecule has 0 radical (unpaired) electrons. The van der Waals surface area contributed by atoms with Gasteiger partial charge in [-0.3, -0.25) is 0 Å². The number of rotatable bonds is 6. The average Bonchev–Trinajstić information content (AvgIpc) is 2.83. The molecule has 3 N–H and O–H groups in total. The van der Waals surface area contributed by atoms with Gasteiger partial charge in [0.1, 0.15) is 12.2 Å². The average molecular weight is 374 g/mol. The Morgan fingerprint density at radius 1 is 1.43 bits per heavy atom. The van der Waals surface area contributed by atoms with Gasteiger partial charge in [0.15, 0.2) is 0 Å². The zero-order valence-electron chi connectivity index (χ0n) is 11.5. The summed E-state index contributed by atoms with van der Waals surface area (Å²) in [6, 6.07) is 4.94. The van der Waals surface area contributed by atoms with E-state index in [1.807, 2.05) is 7.05 Å². The molecule has 0 bridgehead atoms. The largest absolute Gasteiger partial charge is 0.326 e. The third kappa shape index (κ3) is 3.88. The standard InChI is InChI=1S/C12H16BrN5O2S/c1-18-8-15-17-12(18)4-5-16-21(19,20)11-3-2-9(7-14)6-10(11)13/h2-3,6,8,16H,4-5,7,14H2,1H3. The van der Waals surface area contributed by atoms with Crippen LogP contribution in [-0.4, -0.2) is 29.7 Å². The summed E-state index contributed by atoms with van der Waals surface area (Å²) in [5.41, 5.74) is 6.39. The van der Waals surface area contributed by atoms with Crippen molar-refractivity contribution in [3.63, 3.8) is 0 Å². The molecule has 9 heteroatoms. The number of hydrogen-bond acceptors (Lipinski definition) is 5. The van der Waals surface area contributed by atoms with Crippen molar-refractivity contribution in [2.75, 3.05) is 6.54 Å². The molecule has 0 amide bonds. The Balaban J connectivity index is 2.06. The summed E-state index contributed by atoms with van der Waals surface area (Å²) in [7, 11) is -1.77. The van der Waals surface area contributed by atoms with Crippen molar-refractivity contribution >= 4 is 26.0 Å². The lowest BCUT2D eigenvalue weighted by Crippen LogP contribution is -2.27. The van der Waals surface area contributed by atoms with Crippen LogP contribution in [0.5, 0.6) is 0 Å². The monoisotopic (exact) mass is 373 g/mol. The van der Waals surface area contributed by atoms with E-state index in [0.717, 1.165) is 11.4 Å². The van der Waals surface area contributed by atoms with Gasteiger partial charge < -0.3 is 10.3 Å². The molecule has 7 nitrogen and oxygen atoms in total. The van der Waals surface area contributed by atoms with Crippen molar-refractivity contribution in [3.05, 3.63) is 40.4 Å². The van der Waals surface area contributed by atoms with Crippen LogP contribution in [0, 0.1) is 0 Å². The van der Waals surface area contributed by atoms with Crippen LogP contribution < -0.4 is 10.5 Å². The van der Waals surface area contributed by atoms with E-state index >= 15 is 0 Å². The molecule has 0 fully saturated rings. The first-order valence-electron chi connectivity index (χ1n) is 6.25. The number of halogens is 1. The normalized spacial score (nSPS) is 11.8. The van der Waals surface area contributed by atoms with Crippen LogP contribution in [0.4, 0.5) is 0 Å². The van der Waals surface area contributed by atoms with Gasteiger partial charge in [-0.1, -0.05) is 6.07 Å². The van der Waals surface area contributed by atoms with E-state index in [1.54, 1.807) is 23.0 Å². The first-order valence-corrected chi connectivity index (χ1v) is 8.52. The number of aromatic nitrogens is 3. The second-order valence-electron chi connectivity index (χ2n) is 4.47. The van der Waals surface area contributed by atoms with Gasteiger partial charge in [0.2, 0.25) is 10.0 Å². The molecule has 0 saturated heterocycles. The zero-order valence-corrected chi connectivity index (χ0v) is 13.9. The second-order valence-corrected chi connectivity index (χ2v) is 7.06. The Bertz CT molecular complexity index is 729. The molecule has 0 saturated carbocycles. The molecule has 0 unspecified atom stereocenters. The van der Waals surface area contributed by atoms with E-state index in [0.29, 0.717) is 17.4 Å². The van der Waals surface area contributed by atoms with Gasteiger partial charge in [-0.25, -0.2) is 13.1 Å². The summed E-state index contributed by atoms with van der Waals surface area (Å²) in [6.07, 6.45) is 2.04. The lowest BCUT2D eigenvalue weighted by Gasteiger charge is -2.09. The van der Waals surface area contributed by atoms with Gasteiger partial charge >= 0.3 is 0 Å². The molecular formula is C12H16BrN5O2S. The van der Waals surface area contributed by atoms with Gasteiger partial charge in [-0.05, 0) is 33.6 Å². The first kappa shape index (κ1) is 16.1. The van der Waals surface area contributed by atoms with Crippen LogP contribution >= 0.6 is 15.9 Å². The number of hydrogen-bond donors (Lipinski definition) is 2. The maximum atomic E-state index is 12.3. The Labute approximate surface area is 131 Å². The smallest absolute Gasteiger partial charge is 0.241 e. The van der Waals surface area contributed by atoms with Crippen molar-refractivity contribution in [3.8, 4) is 0 Å². The number of aryl methyl sites for hydroxylation is 1. The number of sulfonamides is 1. The van der Waals surface area contributed by atoms with E-state index in [4.69, 9.17) is 5.73 Å². The highest BCUT2D eigenvalue weighted by Gasteiger charge is 2.17. The molecule has 0 aliphatic heterocycles. The molecule has 2 rings (SSSR count). The lowest BCUT2D eigenvalue weighted by molar-refractivity contribution is 0.579. The second kappa shape index (κ2) is 6.65. The first-order chi connectivity index (χ1) is 9.94. The number of nitrogens with two attached hydrogens (primary N) is 1. The zero-order chi connectivity index (χ0) is 15.5. The van der Waals surface area contributed by atoms with Gasteiger partial charge in [0, 0.05) is 31.0 Å². The fraction of sp³-hybridized carbons (Fsp3) is 0.333. The minimum Gasteiger partial charge on any atom is -0.326 e. The van der Waals surface area contributed by atoms with Crippen molar-refractivity contribution in [2.24, 2.45) is 12.8 Å². The molecule has 0 atom stereocenters. The summed E-state index contributed by atoms with van der Waals surface area (Å²) >= 11 is 3.26. The Hall–Kier alpha value is -1.29. The summed E-state index contributed by atoms with van der Waals surface area (Å²) < 4.78 is 29.3. The summed E-state index contributed by atoms with van der Waals surface area (Å²) in [5, 5.41) is 7.65. The summed E-state index contributed by atoms with van der Waals surface area (Å²) in [4.78, 5) is 0.192. The third-order valence-electron chi connectivity index (χ3n) is 2.97. The van der Waals surface area contributed by atoms with Gasteiger partial charge in [0.05, 0.1) is 4.90 Å². The van der Waals surface area contributed by atoms with Crippen LogP contribution in [0.15, 0.2) is 33.9 Å². The maximum Gasteiger partial charge on any atom is 0.241 e. The summed E-state index contributed by atoms with van der Waals surface area (Å²) in [5.74, 6) is 0.718. The summed E-state index contributed by atoms with van der Waals surface area (Å²) in [6.45, 7) is 0.610. The van der Waals surface area contributed by atoms with Crippen molar-refractivity contribution in [2.45, 2.75) is 17.9 Å². The fourth-order valence-electron chi connectivity index (χ4n) is 1.80. The van der Waals surface area contributed by atoms with Crippen LogP contribution in [-0.2, 0) is 30.0 Å². The van der Waals surface area contributed by atoms with E-state index in [-0.39, 0.29) is 11.4 Å². The van der Waals surface area contributed by atoms with Crippen LogP contribution in [0.1, 0.15) is 11.4 Å². The molecule has 1 heterocycles.